The monoisotopic (exact) mass is 314 g/mol. The van der Waals surface area contributed by atoms with Gasteiger partial charge in [0.15, 0.2) is 0 Å². The second-order valence-corrected chi connectivity index (χ2v) is 2.09. The SMILES string of the molecule is [Ni].[O-][Br+2]([O-])O.[O-][Br+2]([O-])O. The molecule has 0 unspecified atom stereocenters. The van der Waals surface area contributed by atoms with Crippen LogP contribution in [0.2, 0.25) is 0 Å². The molecule has 0 bridgehead atoms. The van der Waals surface area contributed by atoms with Gasteiger partial charge < -0.3 is 16.8 Å². The molecule has 0 rings (SSSR count). The summed E-state index contributed by atoms with van der Waals surface area (Å²) in [4.78, 5) is 0. The number of hydrogen-bond donors (Lipinski definition) is 2. The zero-order valence-corrected chi connectivity index (χ0v) is 7.76. The molecule has 0 radical (unpaired) electrons. The van der Waals surface area contributed by atoms with E-state index >= 15 is 0 Å². The van der Waals surface area contributed by atoms with Gasteiger partial charge in [-0.2, -0.15) is 0 Å². The normalized spacial score (nSPS) is 8.00. The molecule has 0 aromatic heterocycles. The van der Waals surface area contributed by atoms with Gasteiger partial charge >= 0.3 is 29.6 Å². The van der Waals surface area contributed by atoms with Gasteiger partial charge in [-0.15, -0.1) is 0 Å². The summed E-state index contributed by atoms with van der Waals surface area (Å²) in [7, 11) is 0. The largest absolute Gasteiger partial charge is 0.433 e. The minimum atomic E-state index is -3.40. The van der Waals surface area contributed by atoms with Crippen LogP contribution in [0.3, 0.4) is 0 Å². The van der Waals surface area contributed by atoms with Gasteiger partial charge in [0.1, 0.15) is 0 Å². The van der Waals surface area contributed by atoms with Crippen LogP contribution < -0.4 is 16.8 Å². The van der Waals surface area contributed by atoms with E-state index in [1.54, 1.807) is 0 Å². The van der Waals surface area contributed by atoms with Gasteiger partial charge in [0.25, 0.3) is 0 Å². The summed E-state index contributed by atoms with van der Waals surface area (Å²) in [6, 6.07) is 0. The first kappa shape index (κ1) is 16.7. The van der Waals surface area contributed by atoms with E-state index in [1.165, 1.54) is 0 Å². The van der Waals surface area contributed by atoms with Crippen LogP contribution in [-0.2, 0) is 16.5 Å². The third-order valence-electron chi connectivity index (χ3n) is 0. The van der Waals surface area contributed by atoms with Crippen LogP contribution in [0.15, 0.2) is 0 Å². The third kappa shape index (κ3) is 326. The molecular weight excluding hydrogens is 314 g/mol. The Hall–Kier alpha value is 1.21. The molecule has 0 aliphatic carbocycles. The van der Waals surface area contributed by atoms with Crippen molar-refractivity contribution in [3.63, 3.8) is 0 Å². The van der Waals surface area contributed by atoms with E-state index in [0.29, 0.717) is 0 Å². The number of hydrogen-bond acceptors (Lipinski definition) is 6. The van der Waals surface area contributed by atoms with Crippen LogP contribution in [-0.4, -0.2) is 8.40 Å². The minimum absolute atomic E-state index is 0. The predicted molar refractivity (Wildman–Crippen MR) is 4.44 cm³/mol. The zero-order chi connectivity index (χ0) is 7.15. The van der Waals surface area contributed by atoms with Gasteiger partial charge in [-0.3, -0.25) is 0 Å². The molecule has 0 saturated heterocycles. The maximum atomic E-state index is 8.63. The van der Waals surface area contributed by atoms with Crippen LogP contribution in [0.4, 0.5) is 0 Å². The smallest absolute Gasteiger partial charge is 0.372 e. The Labute approximate surface area is 71.3 Å². The summed E-state index contributed by atoms with van der Waals surface area (Å²) in [6.45, 7) is 0. The molecule has 0 amide bonds. The van der Waals surface area contributed by atoms with Crippen molar-refractivity contribution >= 4 is 0 Å². The van der Waals surface area contributed by atoms with Gasteiger partial charge in [-0.05, 0) is 8.40 Å². The van der Waals surface area contributed by atoms with Gasteiger partial charge in [-0.1, -0.05) is 0 Å². The van der Waals surface area contributed by atoms with Gasteiger partial charge in [0.05, 0.1) is 0 Å². The van der Waals surface area contributed by atoms with E-state index in [2.05, 4.69) is 0 Å². The Morgan fingerprint density at radius 2 is 0.778 bits per heavy atom. The molecule has 0 fully saturated rings. The van der Waals surface area contributed by atoms with Gasteiger partial charge in [-0.25, -0.2) is 0 Å². The molecule has 0 aliphatic heterocycles. The molecule has 62 valence electrons. The topological polar surface area (TPSA) is 133 Å². The van der Waals surface area contributed by atoms with E-state index < -0.39 is 29.6 Å². The Morgan fingerprint density at radius 1 is 0.778 bits per heavy atom. The third-order valence-corrected chi connectivity index (χ3v) is 0. The first-order valence-electron chi connectivity index (χ1n) is 0.955. The average molecular weight is 317 g/mol. The molecular formula is H2Br2NiO6. The van der Waals surface area contributed by atoms with Crippen molar-refractivity contribution in [2.24, 2.45) is 0 Å². The first-order chi connectivity index (χ1) is 3.46. The van der Waals surface area contributed by atoms with E-state index in [0.717, 1.165) is 0 Å². The van der Waals surface area contributed by atoms with Crippen molar-refractivity contribution in [3.05, 3.63) is 0 Å². The van der Waals surface area contributed by atoms with Crippen LogP contribution >= 0.6 is 0 Å². The molecule has 0 aliphatic rings. The number of rotatable bonds is 0. The molecule has 9 heteroatoms. The second kappa shape index (κ2) is 11.9. The van der Waals surface area contributed by atoms with E-state index in [1.807, 2.05) is 0 Å². The zero-order valence-electron chi connectivity index (χ0n) is 3.60. The Morgan fingerprint density at radius 3 is 0.778 bits per heavy atom. The van der Waals surface area contributed by atoms with Crippen molar-refractivity contribution in [3.8, 4) is 0 Å². The van der Waals surface area contributed by atoms with Crippen LogP contribution in [0.25, 0.3) is 0 Å². The van der Waals surface area contributed by atoms with Crippen molar-refractivity contribution in [1.82, 2.24) is 0 Å². The van der Waals surface area contributed by atoms with E-state index in [4.69, 9.17) is 25.2 Å². The number of halogens is 2. The van der Waals surface area contributed by atoms with Gasteiger partial charge in [0, 0.05) is 16.5 Å². The van der Waals surface area contributed by atoms with Gasteiger partial charge in [0.2, 0.25) is 0 Å². The fraction of sp³-hybridized carbons (Fsp3) is 0. The quantitative estimate of drug-likeness (QED) is 0.428. The van der Waals surface area contributed by atoms with E-state index in [-0.39, 0.29) is 16.5 Å². The molecule has 0 heterocycles. The Balaban J connectivity index is -0.0000000720. The average Bonchev–Trinajstić information content (AvgIpc) is 1.25. The summed E-state index contributed by atoms with van der Waals surface area (Å²) in [5.74, 6) is 0. The van der Waals surface area contributed by atoms with Crippen LogP contribution in [0.5, 0.6) is 0 Å². The molecule has 0 aromatic carbocycles. The molecule has 2 N–H and O–H groups in total. The van der Waals surface area contributed by atoms with Crippen molar-refractivity contribution < 1.29 is 71.3 Å². The fourth-order valence-electron chi connectivity index (χ4n) is 0. The Bertz CT molecular complexity index is 26.5. The Kier molecular flexibility index (Phi) is 22.1. The molecule has 6 nitrogen and oxygen atoms in total. The van der Waals surface area contributed by atoms with Crippen LogP contribution in [0.1, 0.15) is 0 Å². The van der Waals surface area contributed by atoms with Crippen molar-refractivity contribution in [2.75, 3.05) is 0 Å². The second-order valence-electron chi connectivity index (χ2n) is 0.402. The van der Waals surface area contributed by atoms with Crippen LogP contribution in [0, 0.1) is 29.6 Å². The summed E-state index contributed by atoms with van der Waals surface area (Å²) in [5.41, 5.74) is 0. The summed E-state index contributed by atoms with van der Waals surface area (Å²) in [5, 5.41) is 0. The summed E-state index contributed by atoms with van der Waals surface area (Å²) < 4.78 is 48.6. The van der Waals surface area contributed by atoms with Crippen molar-refractivity contribution in [2.45, 2.75) is 0 Å². The van der Waals surface area contributed by atoms with Crippen molar-refractivity contribution in [1.29, 1.82) is 0 Å². The molecule has 0 spiro atoms. The maximum absolute atomic E-state index is 8.63. The standard InChI is InChI=1S/2BrHO3.Ni/c2*2-1(3)4;/h2*2H;. The minimum Gasteiger partial charge on any atom is -0.372 e. The first-order valence-corrected chi connectivity index (χ1v) is 4.96. The van der Waals surface area contributed by atoms with E-state index in [9.17, 15) is 0 Å². The molecule has 0 saturated carbocycles. The molecule has 0 atom stereocenters. The maximum Gasteiger partial charge on any atom is 0.433 e. The molecule has 0 aromatic rings. The summed E-state index contributed by atoms with van der Waals surface area (Å²) in [6.07, 6.45) is 0. The molecule has 9 heavy (non-hydrogen) atoms. The fourth-order valence-corrected chi connectivity index (χ4v) is 0. The predicted octanol–water partition coefficient (Wildman–Crippen LogP) is -5.87. The summed E-state index contributed by atoms with van der Waals surface area (Å²) >= 11 is -6.79.